The second-order valence-corrected chi connectivity index (χ2v) is 9.67. The summed E-state index contributed by atoms with van der Waals surface area (Å²) in [6.07, 6.45) is 1.75. The van der Waals surface area contributed by atoms with E-state index < -0.39 is 0 Å². The van der Waals surface area contributed by atoms with E-state index in [2.05, 4.69) is 5.32 Å². The number of carbonyl (C=O) groups is 2. The zero-order valence-electron chi connectivity index (χ0n) is 18.9. The van der Waals surface area contributed by atoms with Gasteiger partial charge in [0.15, 0.2) is 10.9 Å². The lowest BCUT2D eigenvalue weighted by Crippen LogP contribution is -2.27. The van der Waals surface area contributed by atoms with Crippen LogP contribution in [0.15, 0.2) is 71.6 Å². The Bertz CT molecular complexity index is 1340. The van der Waals surface area contributed by atoms with Crippen molar-refractivity contribution < 1.29 is 19.1 Å². The third kappa shape index (κ3) is 6.03. The molecular formula is C26H21ClN2O4S2. The standard InChI is InChI=1S/C26H21ClN2O4S2/c1-16-9-10-19(14-22(16)27)29-25(31)23(35-26(29)34)12-17-5-3-8-21(11-17)33-15-24(30)28-18-6-4-7-20(13-18)32-2/h3-14H,15H2,1-2H3,(H,28,30)/b23-12-. The maximum absolute atomic E-state index is 13.0. The molecule has 3 aromatic carbocycles. The van der Waals surface area contributed by atoms with Crippen LogP contribution in [-0.2, 0) is 9.59 Å². The molecule has 0 spiro atoms. The van der Waals surface area contributed by atoms with Crippen LogP contribution in [-0.4, -0.2) is 29.9 Å². The average molecular weight is 525 g/mol. The molecule has 1 N–H and O–H groups in total. The predicted molar refractivity (Wildman–Crippen MR) is 145 cm³/mol. The molecule has 0 saturated carbocycles. The summed E-state index contributed by atoms with van der Waals surface area (Å²) in [5, 5.41) is 3.34. The Hall–Kier alpha value is -3.33. The summed E-state index contributed by atoms with van der Waals surface area (Å²) in [5.74, 6) is 0.623. The average Bonchev–Trinajstić information content (AvgIpc) is 3.12. The summed E-state index contributed by atoms with van der Waals surface area (Å²) >= 11 is 12.9. The molecule has 0 bridgehead atoms. The Balaban J connectivity index is 1.42. The van der Waals surface area contributed by atoms with Crippen molar-refractivity contribution in [3.05, 3.63) is 87.8 Å². The molecule has 0 aromatic heterocycles. The molecular weight excluding hydrogens is 504 g/mol. The summed E-state index contributed by atoms with van der Waals surface area (Å²) in [6.45, 7) is 1.73. The molecule has 178 valence electrons. The monoisotopic (exact) mass is 524 g/mol. The van der Waals surface area contributed by atoms with Crippen molar-refractivity contribution >= 4 is 69.2 Å². The lowest BCUT2D eigenvalue weighted by atomic mass is 10.2. The molecule has 1 heterocycles. The molecule has 9 heteroatoms. The number of ether oxygens (including phenoxy) is 2. The van der Waals surface area contributed by atoms with Crippen molar-refractivity contribution in [3.8, 4) is 11.5 Å². The van der Waals surface area contributed by atoms with Crippen molar-refractivity contribution in [2.75, 3.05) is 23.9 Å². The highest BCUT2D eigenvalue weighted by molar-refractivity contribution is 8.27. The number of aryl methyl sites for hydroxylation is 1. The second kappa shape index (κ2) is 10.9. The molecule has 0 radical (unpaired) electrons. The first-order valence-corrected chi connectivity index (χ1v) is 12.1. The van der Waals surface area contributed by atoms with Crippen molar-refractivity contribution in [2.24, 2.45) is 0 Å². The van der Waals surface area contributed by atoms with Crippen molar-refractivity contribution in [3.63, 3.8) is 0 Å². The number of hydrogen-bond donors (Lipinski definition) is 1. The molecule has 4 rings (SSSR count). The quantitative estimate of drug-likeness (QED) is 0.298. The van der Waals surface area contributed by atoms with Crippen LogP contribution in [0, 0.1) is 6.92 Å². The maximum Gasteiger partial charge on any atom is 0.270 e. The third-order valence-corrected chi connectivity index (χ3v) is 6.80. The van der Waals surface area contributed by atoms with Crippen LogP contribution in [0.5, 0.6) is 11.5 Å². The van der Waals surface area contributed by atoms with E-state index in [9.17, 15) is 9.59 Å². The minimum Gasteiger partial charge on any atom is -0.497 e. The Morgan fingerprint density at radius 1 is 1.11 bits per heavy atom. The number of carbonyl (C=O) groups excluding carboxylic acids is 2. The zero-order chi connectivity index (χ0) is 24.9. The van der Waals surface area contributed by atoms with Gasteiger partial charge in [0.05, 0.1) is 17.7 Å². The van der Waals surface area contributed by atoms with E-state index in [1.165, 1.54) is 16.7 Å². The summed E-state index contributed by atoms with van der Waals surface area (Å²) in [4.78, 5) is 27.3. The molecule has 1 saturated heterocycles. The van der Waals surface area contributed by atoms with Gasteiger partial charge in [-0.15, -0.1) is 0 Å². The van der Waals surface area contributed by atoms with Crippen LogP contribution in [0.2, 0.25) is 5.02 Å². The fraction of sp³-hybridized carbons (Fsp3) is 0.115. The normalized spacial score (nSPS) is 14.4. The molecule has 0 aliphatic carbocycles. The topological polar surface area (TPSA) is 67.9 Å². The summed E-state index contributed by atoms with van der Waals surface area (Å²) in [5.41, 5.74) is 2.91. The van der Waals surface area contributed by atoms with Gasteiger partial charge in [0.2, 0.25) is 0 Å². The van der Waals surface area contributed by atoms with Gasteiger partial charge in [-0.2, -0.15) is 0 Å². The Labute approximate surface area is 217 Å². The van der Waals surface area contributed by atoms with Gasteiger partial charge in [-0.05, 0) is 60.5 Å². The van der Waals surface area contributed by atoms with E-state index >= 15 is 0 Å². The van der Waals surface area contributed by atoms with Crippen LogP contribution >= 0.6 is 35.6 Å². The van der Waals surface area contributed by atoms with Gasteiger partial charge >= 0.3 is 0 Å². The number of rotatable bonds is 7. The Morgan fingerprint density at radius 3 is 2.66 bits per heavy atom. The maximum atomic E-state index is 13.0. The third-order valence-electron chi connectivity index (χ3n) is 5.09. The minimum absolute atomic E-state index is 0.170. The van der Waals surface area contributed by atoms with Gasteiger partial charge < -0.3 is 14.8 Å². The smallest absolute Gasteiger partial charge is 0.270 e. The number of halogens is 1. The fourth-order valence-corrected chi connectivity index (χ4v) is 4.78. The van der Waals surface area contributed by atoms with E-state index in [0.717, 1.165) is 11.1 Å². The van der Waals surface area contributed by atoms with E-state index in [1.807, 2.05) is 25.1 Å². The first-order valence-electron chi connectivity index (χ1n) is 10.5. The molecule has 6 nitrogen and oxygen atoms in total. The number of thioether (sulfide) groups is 1. The summed E-state index contributed by atoms with van der Waals surface area (Å²) in [6, 6.07) is 19.6. The van der Waals surface area contributed by atoms with Gasteiger partial charge in [-0.1, -0.05) is 59.8 Å². The van der Waals surface area contributed by atoms with Gasteiger partial charge in [-0.3, -0.25) is 14.5 Å². The highest BCUT2D eigenvalue weighted by atomic mass is 35.5. The lowest BCUT2D eigenvalue weighted by molar-refractivity contribution is -0.118. The van der Waals surface area contributed by atoms with Crippen molar-refractivity contribution in [1.29, 1.82) is 0 Å². The number of methoxy groups -OCH3 is 1. The molecule has 3 aromatic rings. The number of hydrogen-bond acceptors (Lipinski definition) is 6. The van der Waals surface area contributed by atoms with Crippen LogP contribution < -0.4 is 19.7 Å². The highest BCUT2D eigenvalue weighted by Crippen LogP contribution is 2.37. The van der Waals surface area contributed by atoms with Crippen LogP contribution in [0.3, 0.4) is 0 Å². The lowest BCUT2D eigenvalue weighted by Gasteiger charge is -2.15. The van der Waals surface area contributed by atoms with Gasteiger partial charge in [0, 0.05) is 16.8 Å². The highest BCUT2D eigenvalue weighted by Gasteiger charge is 2.33. The van der Waals surface area contributed by atoms with Crippen LogP contribution in [0.25, 0.3) is 6.08 Å². The fourth-order valence-electron chi connectivity index (χ4n) is 3.30. The number of nitrogens with one attached hydrogen (secondary N) is 1. The van der Waals surface area contributed by atoms with Crippen LogP contribution in [0.4, 0.5) is 11.4 Å². The SMILES string of the molecule is COc1cccc(NC(=O)COc2cccc(/C=C3\SC(=S)N(c4ccc(C)c(Cl)c4)C3=O)c2)c1. The molecule has 1 aliphatic rings. The number of nitrogens with zero attached hydrogens (tertiary/aromatic N) is 1. The van der Waals surface area contributed by atoms with Gasteiger partial charge in [-0.25, -0.2) is 0 Å². The second-order valence-electron chi connectivity index (χ2n) is 7.59. The molecule has 35 heavy (non-hydrogen) atoms. The van der Waals surface area contributed by atoms with E-state index in [4.69, 9.17) is 33.3 Å². The first kappa shape index (κ1) is 24.8. The molecule has 0 unspecified atom stereocenters. The van der Waals surface area contributed by atoms with Crippen molar-refractivity contribution in [2.45, 2.75) is 6.92 Å². The number of amides is 2. The van der Waals surface area contributed by atoms with Crippen LogP contribution in [0.1, 0.15) is 11.1 Å². The Morgan fingerprint density at radius 2 is 1.89 bits per heavy atom. The first-order chi connectivity index (χ1) is 16.8. The zero-order valence-corrected chi connectivity index (χ0v) is 21.3. The van der Waals surface area contributed by atoms with E-state index in [-0.39, 0.29) is 18.4 Å². The summed E-state index contributed by atoms with van der Waals surface area (Å²) in [7, 11) is 1.56. The van der Waals surface area contributed by atoms with Gasteiger partial charge in [0.25, 0.3) is 11.8 Å². The van der Waals surface area contributed by atoms with E-state index in [0.29, 0.717) is 37.1 Å². The molecule has 1 fully saturated rings. The number of benzene rings is 3. The molecule has 1 aliphatic heterocycles. The Kier molecular flexibility index (Phi) is 7.75. The van der Waals surface area contributed by atoms with Crippen molar-refractivity contribution in [1.82, 2.24) is 0 Å². The van der Waals surface area contributed by atoms with E-state index in [1.54, 1.807) is 61.7 Å². The largest absolute Gasteiger partial charge is 0.497 e. The minimum atomic E-state index is -0.304. The van der Waals surface area contributed by atoms with Gasteiger partial charge in [0.1, 0.15) is 11.5 Å². The number of anilines is 2. The molecule has 0 atom stereocenters. The number of thiocarbonyl (C=S) groups is 1. The summed E-state index contributed by atoms with van der Waals surface area (Å²) < 4.78 is 11.2. The predicted octanol–water partition coefficient (Wildman–Crippen LogP) is 6.08. The molecule has 2 amide bonds.